The van der Waals surface area contributed by atoms with Gasteiger partial charge in [-0.15, -0.1) is 11.3 Å². The molecule has 0 saturated heterocycles. The minimum atomic E-state index is -0.489. The van der Waals surface area contributed by atoms with Gasteiger partial charge in [0.2, 0.25) is 0 Å². The molecule has 0 radical (unpaired) electrons. The number of carbonyl (C=O) groups is 2. The van der Waals surface area contributed by atoms with E-state index in [-0.39, 0.29) is 6.61 Å². The van der Waals surface area contributed by atoms with Crippen molar-refractivity contribution < 1.29 is 19.1 Å². The SMILES string of the molecule is COC(=O)c1ccc(COC(=O)c2sccc2N)nc1. The molecule has 2 heterocycles. The van der Waals surface area contributed by atoms with Crippen LogP contribution >= 0.6 is 11.3 Å². The Morgan fingerprint density at radius 3 is 2.65 bits per heavy atom. The second-order valence-electron chi connectivity index (χ2n) is 3.81. The number of hydrogen-bond donors (Lipinski definition) is 1. The lowest BCUT2D eigenvalue weighted by Crippen LogP contribution is -2.07. The number of esters is 2. The highest BCUT2D eigenvalue weighted by atomic mass is 32.1. The smallest absolute Gasteiger partial charge is 0.350 e. The highest BCUT2D eigenvalue weighted by molar-refractivity contribution is 7.12. The third-order valence-corrected chi connectivity index (χ3v) is 3.39. The molecule has 2 N–H and O–H groups in total. The minimum Gasteiger partial charge on any atom is -0.465 e. The first-order chi connectivity index (χ1) is 9.61. The zero-order chi connectivity index (χ0) is 14.5. The summed E-state index contributed by atoms with van der Waals surface area (Å²) >= 11 is 1.22. The Morgan fingerprint density at radius 1 is 1.30 bits per heavy atom. The highest BCUT2D eigenvalue weighted by Gasteiger charge is 2.13. The van der Waals surface area contributed by atoms with E-state index in [0.29, 0.717) is 21.8 Å². The zero-order valence-corrected chi connectivity index (χ0v) is 11.5. The molecule has 0 aliphatic rings. The summed E-state index contributed by atoms with van der Waals surface area (Å²) < 4.78 is 9.65. The normalized spacial score (nSPS) is 10.1. The summed E-state index contributed by atoms with van der Waals surface area (Å²) in [5.74, 6) is -0.955. The second-order valence-corrected chi connectivity index (χ2v) is 4.73. The van der Waals surface area contributed by atoms with Gasteiger partial charge >= 0.3 is 11.9 Å². The van der Waals surface area contributed by atoms with Crippen LogP contribution in [-0.4, -0.2) is 24.0 Å². The number of carbonyl (C=O) groups excluding carboxylic acids is 2. The van der Waals surface area contributed by atoms with Gasteiger partial charge in [0.25, 0.3) is 0 Å². The molecule has 0 aliphatic carbocycles. The van der Waals surface area contributed by atoms with Gasteiger partial charge in [0, 0.05) is 6.20 Å². The van der Waals surface area contributed by atoms with Crippen molar-refractivity contribution in [1.82, 2.24) is 4.98 Å². The Morgan fingerprint density at radius 2 is 2.10 bits per heavy atom. The van der Waals surface area contributed by atoms with Crippen LogP contribution < -0.4 is 5.73 Å². The predicted octanol–water partition coefficient (Wildman–Crippen LogP) is 1.87. The predicted molar refractivity (Wildman–Crippen MR) is 73.4 cm³/mol. The molecule has 0 saturated carbocycles. The van der Waals surface area contributed by atoms with E-state index in [1.54, 1.807) is 23.6 Å². The van der Waals surface area contributed by atoms with E-state index < -0.39 is 11.9 Å². The summed E-state index contributed by atoms with van der Waals surface area (Å²) in [6, 6.07) is 4.80. The fourth-order valence-corrected chi connectivity index (χ4v) is 2.15. The molecule has 104 valence electrons. The number of pyridine rings is 1. The Bertz CT molecular complexity index is 622. The molecular formula is C13H12N2O4S. The summed E-state index contributed by atoms with van der Waals surface area (Å²) in [6.45, 7) is 0.0115. The average molecular weight is 292 g/mol. The maximum atomic E-state index is 11.7. The number of hydrogen-bond acceptors (Lipinski definition) is 7. The number of nitrogens with zero attached hydrogens (tertiary/aromatic N) is 1. The van der Waals surface area contributed by atoms with Crippen LogP contribution in [0.25, 0.3) is 0 Å². The molecule has 20 heavy (non-hydrogen) atoms. The molecule has 0 spiro atoms. The summed E-state index contributed by atoms with van der Waals surface area (Å²) in [6.07, 6.45) is 1.37. The van der Waals surface area contributed by atoms with Crippen molar-refractivity contribution in [2.45, 2.75) is 6.61 Å². The number of anilines is 1. The summed E-state index contributed by atoms with van der Waals surface area (Å²) in [7, 11) is 1.30. The number of methoxy groups -OCH3 is 1. The molecule has 2 aromatic heterocycles. The topological polar surface area (TPSA) is 91.5 Å². The Labute approximate surface area is 119 Å². The van der Waals surface area contributed by atoms with Crippen LogP contribution in [-0.2, 0) is 16.1 Å². The van der Waals surface area contributed by atoms with E-state index in [1.165, 1.54) is 24.6 Å². The zero-order valence-electron chi connectivity index (χ0n) is 10.7. The van der Waals surface area contributed by atoms with Gasteiger partial charge in [0.15, 0.2) is 0 Å². The number of thiophene rings is 1. The molecule has 6 nitrogen and oxygen atoms in total. The molecule has 2 rings (SSSR count). The van der Waals surface area contributed by atoms with Crippen LogP contribution in [0.5, 0.6) is 0 Å². The van der Waals surface area contributed by atoms with Gasteiger partial charge in [0.05, 0.1) is 24.1 Å². The van der Waals surface area contributed by atoms with Gasteiger partial charge in [-0.05, 0) is 23.6 Å². The van der Waals surface area contributed by atoms with Crippen molar-refractivity contribution in [2.24, 2.45) is 0 Å². The van der Waals surface area contributed by atoms with Crippen molar-refractivity contribution >= 4 is 29.0 Å². The Hall–Kier alpha value is -2.41. The van der Waals surface area contributed by atoms with Gasteiger partial charge in [-0.3, -0.25) is 4.98 Å². The van der Waals surface area contributed by atoms with Gasteiger partial charge in [-0.25, -0.2) is 9.59 Å². The number of nitrogens with two attached hydrogens (primary N) is 1. The van der Waals surface area contributed by atoms with Gasteiger partial charge < -0.3 is 15.2 Å². The fraction of sp³-hybridized carbons (Fsp3) is 0.154. The lowest BCUT2D eigenvalue weighted by atomic mass is 10.2. The van der Waals surface area contributed by atoms with Crippen LogP contribution in [0.2, 0.25) is 0 Å². The van der Waals surface area contributed by atoms with E-state index in [0.717, 1.165) is 0 Å². The largest absolute Gasteiger partial charge is 0.465 e. The van der Waals surface area contributed by atoms with E-state index in [9.17, 15) is 9.59 Å². The lowest BCUT2D eigenvalue weighted by Gasteiger charge is -2.04. The van der Waals surface area contributed by atoms with Crippen LogP contribution in [0.3, 0.4) is 0 Å². The van der Waals surface area contributed by atoms with E-state index >= 15 is 0 Å². The van der Waals surface area contributed by atoms with Gasteiger partial charge in [-0.2, -0.15) is 0 Å². The van der Waals surface area contributed by atoms with E-state index in [1.807, 2.05) is 0 Å². The van der Waals surface area contributed by atoms with Gasteiger partial charge in [-0.1, -0.05) is 0 Å². The van der Waals surface area contributed by atoms with Crippen LogP contribution in [0.4, 0.5) is 5.69 Å². The molecule has 0 aliphatic heterocycles. The Kier molecular flexibility index (Phi) is 4.31. The second kappa shape index (κ2) is 6.16. The molecule has 7 heteroatoms. The molecule has 0 atom stereocenters. The van der Waals surface area contributed by atoms with E-state index in [4.69, 9.17) is 10.5 Å². The van der Waals surface area contributed by atoms with Crippen molar-refractivity contribution in [3.8, 4) is 0 Å². The summed E-state index contributed by atoms with van der Waals surface area (Å²) in [4.78, 5) is 27.3. The number of rotatable bonds is 4. The molecule has 0 bridgehead atoms. The van der Waals surface area contributed by atoms with Crippen LogP contribution in [0.1, 0.15) is 25.7 Å². The van der Waals surface area contributed by atoms with Crippen molar-refractivity contribution in [2.75, 3.05) is 12.8 Å². The van der Waals surface area contributed by atoms with Crippen molar-refractivity contribution in [3.05, 3.63) is 45.9 Å². The lowest BCUT2D eigenvalue weighted by molar-refractivity contribution is 0.0473. The monoisotopic (exact) mass is 292 g/mol. The van der Waals surface area contributed by atoms with Gasteiger partial charge in [0.1, 0.15) is 11.5 Å². The quantitative estimate of drug-likeness (QED) is 0.865. The molecule has 0 unspecified atom stereocenters. The first kappa shape index (κ1) is 14.0. The van der Waals surface area contributed by atoms with Crippen LogP contribution in [0.15, 0.2) is 29.8 Å². The Balaban J connectivity index is 1.96. The maximum absolute atomic E-state index is 11.7. The molecular weight excluding hydrogens is 280 g/mol. The maximum Gasteiger partial charge on any atom is 0.350 e. The number of nitrogen functional groups attached to an aromatic ring is 1. The third kappa shape index (κ3) is 3.12. The molecule has 0 fully saturated rings. The summed E-state index contributed by atoms with van der Waals surface area (Å²) in [5, 5.41) is 1.72. The first-order valence-electron chi connectivity index (χ1n) is 5.65. The van der Waals surface area contributed by atoms with E-state index in [2.05, 4.69) is 9.72 Å². The number of aromatic nitrogens is 1. The molecule has 0 amide bonds. The summed E-state index contributed by atoms with van der Waals surface area (Å²) in [5.41, 5.74) is 6.89. The van der Waals surface area contributed by atoms with Crippen molar-refractivity contribution in [3.63, 3.8) is 0 Å². The first-order valence-corrected chi connectivity index (χ1v) is 6.53. The van der Waals surface area contributed by atoms with Crippen LogP contribution in [0, 0.1) is 0 Å². The standard InChI is InChI=1S/C13H12N2O4S/c1-18-12(16)8-2-3-9(15-6-8)7-19-13(17)11-10(14)4-5-20-11/h2-6H,7,14H2,1H3. The highest BCUT2D eigenvalue weighted by Crippen LogP contribution is 2.20. The minimum absolute atomic E-state index is 0.0115. The number of ether oxygens (including phenoxy) is 2. The fourth-order valence-electron chi connectivity index (χ4n) is 1.44. The molecule has 2 aromatic rings. The molecule has 0 aromatic carbocycles. The van der Waals surface area contributed by atoms with Crippen molar-refractivity contribution in [1.29, 1.82) is 0 Å². The average Bonchev–Trinajstić information content (AvgIpc) is 2.90. The third-order valence-electron chi connectivity index (χ3n) is 2.48.